The molecule has 11 heteroatoms. The molecule has 4 heterocycles. The van der Waals surface area contributed by atoms with Crippen molar-refractivity contribution in [1.29, 1.82) is 5.26 Å². The quantitative estimate of drug-likeness (QED) is 0.609. The van der Waals surface area contributed by atoms with Gasteiger partial charge in [0.05, 0.1) is 15.8 Å². The number of Topliss-reactive ketones (excluding diaryl/α,β-unsaturated/α-hetero) is 1. The van der Waals surface area contributed by atoms with Crippen LogP contribution >= 0.6 is 22.9 Å². The van der Waals surface area contributed by atoms with Crippen molar-refractivity contribution < 1.29 is 19.1 Å². The molecule has 3 aliphatic rings. The van der Waals surface area contributed by atoms with Crippen LogP contribution in [0, 0.1) is 17.2 Å². The van der Waals surface area contributed by atoms with Crippen molar-refractivity contribution in [1.82, 2.24) is 20.2 Å². The summed E-state index contributed by atoms with van der Waals surface area (Å²) >= 11 is 7.57. The summed E-state index contributed by atoms with van der Waals surface area (Å²) in [5, 5.41) is 11.8. The number of halogens is 1. The van der Waals surface area contributed by atoms with Gasteiger partial charge in [-0.25, -0.2) is 4.98 Å². The number of amides is 2. The number of hydrogen-bond donors (Lipinski definition) is 1. The monoisotopic (exact) mass is 513 g/mol. The van der Waals surface area contributed by atoms with Gasteiger partial charge in [0, 0.05) is 30.7 Å². The lowest BCUT2D eigenvalue weighted by atomic mass is 9.83. The number of thiazole rings is 1. The lowest BCUT2D eigenvalue weighted by molar-refractivity contribution is -0.139. The summed E-state index contributed by atoms with van der Waals surface area (Å²) < 4.78 is 5.52. The Kier molecular flexibility index (Phi) is 6.82. The van der Waals surface area contributed by atoms with Gasteiger partial charge in [0.2, 0.25) is 5.91 Å². The molecule has 4 atom stereocenters. The molecule has 1 unspecified atom stereocenters. The van der Waals surface area contributed by atoms with E-state index in [2.05, 4.69) is 15.3 Å². The van der Waals surface area contributed by atoms with E-state index in [0.29, 0.717) is 16.0 Å². The maximum absolute atomic E-state index is 13.7. The molecule has 35 heavy (non-hydrogen) atoms. The Morgan fingerprint density at radius 3 is 2.83 bits per heavy atom. The van der Waals surface area contributed by atoms with Crippen LogP contribution in [0.1, 0.15) is 47.5 Å². The van der Waals surface area contributed by atoms with Crippen molar-refractivity contribution in [3.63, 3.8) is 0 Å². The number of carbonyl (C=O) groups is 3. The number of rotatable bonds is 5. The van der Waals surface area contributed by atoms with Gasteiger partial charge in [-0.05, 0) is 24.8 Å². The maximum Gasteiger partial charge on any atom is 0.280 e. The molecule has 1 aliphatic carbocycles. The molecule has 9 nitrogen and oxygen atoms in total. The van der Waals surface area contributed by atoms with Gasteiger partial charge < -0.3 is 15.0 Å². The van der Waals surface area contributed by atoms with E-state index in [1.54, 1.807) is 18.5 Å². The number of nitrogens with one attached hydrogen (secondary N) is 1. The van der Waals surface area contributed by atoms with E-state index < -0.39 is 29.5 Å². The lowest BCUT2D eigenvalue weighted by Gasteiger charge is -2.34. The predicted molar refractivity (Wildman–Crippen MR) is 128 cm³/mol. The molecule has 1 N–H and O–H groups in total. The van der Waals surface area contributed by atoms with E-state index in [4.69, 9.17) is 21.6 Å². The third kappa shape index (κ3) is 4.68. The number of nitriles is 1. The Morgan fingerprint density at radius 1 is 1.26 bits per heavy atom. The Hall–Kier alpha value is -2.87. The van der Waals surface area contributed by atoms with Crippen molar-refractivity contribution in [3.05, 3.63) is 35.2 Å². The molecule has 182 valence electrons. The van der Waals surface area contributed by atoms with Crippen LogP contribution in [0.2, 0.25) is 0 Å². The molecule has 5 rings (SSSR count). The highest BCUT2D eigenvalue weighted by atomic mass is 35.5. The van der Waals surface area contributed by atoms with E-state index in [1.807, 2.05) is 6.07 Å². The van der Waals surface area contributed by atoms with Gasteiger partial charge in [0.25, 0.3) is 5.91 Å². The third-order valence-corrected chi connectivity index (χ3v) is 8.36. The van der Waals surface area contributed by atoms with Gasteiger partial charge >= 0.3 is 0 Å². The van der Waals surface area contributed by atoms with Crippen LogP contribution in [0.25, 0.3) is 10.4 Å². The van der Waals surface area contributed by atoms with Crippen LogP contribution in [-0.2, 0) is 14.3 Å². The molecule has 3 fully saturated rings. The van der Waals surface area contributed by atoms with E-state index in [0.717, 1.165) is 32.1 Å². The molecular formula is C24H24ClN5O4S. The summed E-state index contributed by atoms with van der Waals surface area (Å²) in [4.78, 5) is 49.9. The van der Waals surface area contributed by atoms with Crippen LogP contribution < -0.4 is 5.32 Å². The predicted octanol–water partition coefficient (Wildman–Crippen LogP) is 2.54. The second-order valence-electron chi connectivity index (χ2n) is 9.15. The number of ether oxygens (including phenoxy) is 1. The number of ketones is 1. The number of hydrogen-bond acceptors (Lipinski definition) is 8. The zero-order chi connectivity index (χ0) is 24.5. The van der Waals surface area contributed by atoms with E-state index >= 15 is 0 Å². The molecule has 0 spiro atoms. The SMILES string of the molecule is N#Cc1cncc(-c2cnc(C(=O)NC(C(=O)N3C[C@H](Cl)[C@H]4OCC(=O)[C@H]43)C3CCCCC3)s2)c1. The number of aromatic nitrogens is 2. The summed E-state index contributed by atoms with van der Waals surface area (Å²) in [6.07, 6.45) is 8.85. The Balaban J connectivity index is 1.37. The summed E-state index contributed by atoms with van der Waals surface area (Å²) in [6.45, 7) is 0.163. The number of pyridine rings is 1. The summed E-state index contributed by atoms with van der Waals surface area (Å²) in [5.74, 6) is -0.911. The van der Waals surface area contributed by atoms with Gasteiger partial charge in [-0.1, -0.05) is 19.3 Å². The van der Waals surface area contributed by atoms with Gasteiger partial charge in [-0.2, -0.15) is 5.26 Å². The Labute approximate surface area is 211 Å². The molecule has 2 amide bonds. The zero-order valence-electron chi connectivity index (χ0n) is 18.9. The minimum absolute atomic E-state index is 0.0265. The molecule has 0 aromatic carbocycles. The third-order valence-electron chi connectivity index (χ3n) is 6.93. The summed E-state index contributed by atoms with van der Waals surface area (Å²) in [7, 11) is 0. The standard InChI is InChI=1S/C24H24ClN5O4S/c25-16-11-30(20-17(31)12-34-21(16)20)24(33)19(14-4-2-1-3-5-14)29-22(32)23-28-10-18(35-23)15-6-13(7-26)8-27-9-15/h6,8-10,14,16,19-21H,1-5,11-12H2,(H,29,32)/t16-,19?,20+,21+/m0/s1. The second kappa shape index (κ2) is 10.0. The zero-order valence-corrected chi connectivity index (χ0v) is 20.4. The minimum Gasteiger partial charge on any atom is -0.366 e. The average molecular weight is 514 g/mol. The van der Waals surface area contributed by atoms with Gasteiger partial charge in [-0.15, -0.1) is 22.9 Å². The molecular weight excluding hydrogens is 490 g/mol. The number of carbonyl (C=O) groups excluding carboxylic acids is 3. The second-order valence-corrected chi connectivity index (χ2v) is 10.7. The maximum atomic E-state index is 13.7. The van der Waals surface area contributed by atoms with E-state index in [-0.39, 0.29) is 35.8 Å². The normalized spacial score (nSPS) is 25.2. The van der Waals surface area contributed by atoms with Gasteiger partial charge in [-0.3, -0.25) is 19.4 Å². The number of alkyl halides is 1. The van der Waals surface area contributed by atoms with Crippen LogP contribution in [0.15, 0.2) is 24.7 Å². The molecule has 2 saturated heterocycles. The first kappa shape index (κ1) is 23.9. The van der Waals surface area contributed by atoms with Crippen molar-refractivity contribution in [2.24, 2.45) is 5.92 Å². The van der Waals surface area contributed by atoms with Crippen LogP contribution in [-0.4, -0.2) is 69.2 Å². The van der Waals surface area contributed by atoms with Crippen LogP contribution in [0.4, 0.5) is 0 Å². The smallest absolute Gasteiger partial charge is 0.280 e. The highest BCUT2D eigenvalue weighted by Gasteiger charge is 2.53. The first-order valence-corrected chi connectivity index (χ1v) is 12.9. The minimum atomic E-state index is -0.769. The molecule has 2 aliphatic heterocycles. The molecule has 2 aromatic heterocycles. The van der Waals surface area contributed by atoms with Crippen LogP contribution in [0.3, 0.4) is 0 Å². The highest BCUT2D eigenvalue weighted by Crippen LogP contribution is 2.34. The van der Waals surface area contributed by atoms with Crippen molar-refractivity contribution in [2.45, 2.75) is 55.7 Å². The molecule has 1 saturated carbocycles. The van der Waals surface area contributed by atoms with E-state index in [9.17, 15) is 14.4 Å². The highest BCUT2D eigenvalue weighted by molar-refractivity contribution is 7.17. The van der Waals surface area contributed by atoms with Crippen molar-refractivity contribution in [3.8, 4) is 16.5 Å². The Bertz CT molecular complexity index is 1190. The fourth-order valence-electron chi connectivity index (χ4n) is 5.20. The molecule has 0 bridgehead atoms. The van der Waals surface area contributed by atoms with Gasteiger partial charge in [0.1, 0.15) is 30.9 Å². The first-order valence-electron chi connectivity index (χ1n) is 11.7. The van der Waals surface area contributed by atoms with Crippen molar-refractivity contribution in [2.75, 3.05) is 13.2 Å². The largest absolute Gasteiger partial charge is 0.366 e. The number of nitrogens with zero attached hydrogens (tertiary/aromatic N) is 4. The average Bonchev–Trinajstić information content (AvgIpc) is 3.61. The summed E-state index contributed by atoms with van der Waals surface area (Å²) in [5.41, 5.74) is 1.10. The van der Waals surface area contributed by atoms with Crippen LogP contribution in [0.5, 0.6) is 0 Å². The summed E-state index contributed by atoms with van der Waals surface area (Å²) in [6, 6.07) is 2.27. The van der Waals surface area contributed by atoms with Gasteiger partial charge in [0.15, 0.2) is 10.8 Å². The van der Waals surface area contributed by atoms with Crippen molar-refractivity contribution >= 4 is 40.5 Å². The first-order chi connectivity index (χ1) is 17.0. The molecule has 2 aromatic rings. The number of fused-ring (bicyclic) bond motifs is 1. The van der Waals surface area contributed by atoms with E-state index in [1.165, 1.54) is 22.4 Å². The molecule has 0 radical (unpaired) electrons. The topological polar surface area (TPSA) is 125 Å². The lowest BCUT2D eigenvalue weighted by Crippen LogP contribution is -2.55. The fraction of sp³-hybridized carbons (Fsp3) is 0.500. The fourth-order valence-corrected chi connectivity index (χ4v) is 6.36. The Morgan fingerprint density at radius 2 is 2.06 bits per heavy atom. The number of likely N-dealkylation sites (tertiary alicyclic amines) is 1.